The van der Waals surface area contributed by atoms with Gasteiger partial charge in [-0.2, -0.15) is 0 Å². The monoisotopic (exact) mass is 399 g/mol. The molecule has 1 aliphatic rings. The van der Waals surface area contributed by atoms with Gasteiger partial charge < -0.3 is 25.2 Å². The lowest BCUT2D eigenvalue weighted by molar-refractivity contribution is -0.141. The highest BCUT2D eigenvalue weighted by Gasteiger charge is 2.21. The van der Waals surface area contributed by atoms with Crippen LogP contribution < -0.4 is 15.4 Å². The third-order valence-corrected chi connectivity index (χ3v) is 4.50. The second-order valence-electron chi connectivity index (χ2n) is 6.25. The molecule has 3 N–H and O–H groups in total. The molecule has 1 heterocycles. The number of methoxy groups -OCH3 is 1. The maximum Gasteiger partial charge on any atom is 0.321 e. The van der Waals surface area contributed by atoms with Gasteiger partial charge in [0.15, 0.2) is 0 Å². The van der Waals surface area contributed by atoms with E-state index in [0.717, 1.165) is 39.3 Å². The van der Waals surface area contributed by atoms with Gasteiger partial charge in [0.2, 0.25) is 5.91 Å². The van der Waals surface area contributed by atoms with Gasteiger partial charge in [-0.15, -0.1) is 0 Å². The Balaban J connectivity index is 1.79. The minimum atomic E-state index is -1.06. The zero-order valence-corrected chi connectivity index (χ0v) is 16.1. The Labute approximate surface area is 163 Å². The van der Waals surface area contributed by atoms with Gasteiger partial charge >= 0.3 is 5.97 Å². The van der Waals surface area contributed by atoms with Crippen LogP contribution in [-0.4, -0.2) is 74.4 Å². The highest BCUT2D eigenvalue weighted by Crippen LogP contribution is 2.27. The van der Waals surface area contributed by atoms with Crippen molar-refractivity contribution in [1.82, 2.24) is 10.2 Å². The van der Waals surface area contributed by atoms with Crippen molar-refractivity contribution < 1.29 is 24.2 Å². The van der Waals surface area contributed by atoms with Gasteiger partial charge in [-0.25, -0.2) is 0 Å². The Kier molecular flexibility index (Phi) is 8.80. The molecule has 0 unspecified atom stereocenters. The number of carboxylic acid groups (broad SMARTS) is 1. The van der Waals surface area contributed by atoms with E-state index < -0.39 is 17.9 Å². The van der Waals surface area contributed by atoms with Crippen LogP contribution in [0.25, 0.3) is 0 Å². The molecule has 9 heteroatoms. The molecule has 1 amide bonds. The average molecular weight is 400 g/mol. The van der Waals surface area contributed by atoms with Crippen LogP contribution in [0.15, 0.2) is 18.2 Å². The summed E-state index contributed by atoms with van der Waals surface area (Å²) in [6, 6.07) is 3.88. The van der Waals surface area contributed by atoms with E-state index >= 15 is 0 Å². The number of nitrogens with zero attached hydrogens (tertiary/aromatic N) is 1. The summed E-state index contributed by atoms with van der Waals surface area (Å²) in [4.78, 5) is 26.0. The van der Waals surface area contributed by atoms with Gasteiger partial charge in [0, 0.05) is 18.1 Å². The fourth-order valence-electron chi connectivity index (χ4n) is 2.82. The van der Waals surface area contributed by atoms with Crippen LogP contribution in [0.3, 0.4) is 0 Å². The lowest BCUT2D eigenvalue weighted by Crippen LogP contribution is -2.42. The van der Waals surface area contributed by atoms with Crippen LogP contribution >= 0.6 is 11.6 Å². The van der Waals surface area contributed by atoms with E-state index in [2.05, 4.69) is 15.5 Å². The topological polar surface area (TPSA) is 100 Å². The molecule has 0 aliphatic carbocycles. The van der Waals surface area contributed by atoms with Crippen LogP contribution in [0.5, 0.6) is 5.75 Å². The van der Waals surface area contributed by atoms with Crippen molar-refractivity contribution in [3.8, 4) is 5.75 Å². The normalized spacial score (nSPS) is 15.9. The van der Waals surface area contributed by atoms with Gasteiger partial charge in [0.1, 0.15) is 11.8 Å². The lowest BCUT2D eigenvalue weighted by Gasteiger charge is -2.26. The van der Waals surface area contributed by atoms with Crippen LogP contribution in [-0.2, 0) is 14.3 Å². The molecule has 1 aromatic carbocycles. The smallest absolute Gasteiger partial charge is 0.321 e. The second-order valence-corrected chi connectivity index (χ2v) is 6.69. The van der Waals surface area contributed by atoms with Gasteiger partial charge in [0.25, 0.3) is 0 Å². The first kappa shape index (κ1) is 21.4. The zero-order valence-electron chi connectivity index (χ0n) is 15.4. The van der Waals surface area contributed by atoms with Crippen molar-refractivity contribution in [3.05, 3.63) is 23.2 Å². The molecule has 1 aliphatic heterocycles. The predicted octanol–water partition coefficient (Wildman–Crippen LogP) is 1.44. The molecule has 1 aromatic rings. The molecule has 0 aromatic heterocycles. The Hall–Kier alpha value is -1.87. The first-order valence-corrected chi connectivity index (χ1v) is 9.27. The second kappa shape index (κ2) is 11.1. The van der Waals surface area contributed by atoms with Crippen molar-refractivity contribution in [2.24, 2.45) is 0 Å². The first-order valence-electron chi connectivity index (χ1n) is 8.89. The summed E-state index contributed by atoms with van der Waals surface area (Å²) >= 11 is 5.94. The van der Waals surface area contributed by atoms with Gasteiger partial charge in [-0.05, 0) is 37.7 Å². The van der Waals surface area contributed by atoms with Crippen molar-refractivity contribution in [2.45, 2.75) is 18.9 Å². The Morgan fingerprint density at radius 2 is 2.11 bits per heavy atom. The number of aliphatic carboxylic acids is 1. The third kappa shape index (κ3) is 7.34. The van der Waals surface area contributed by atoms with E-state index in [0.29, 0.717) is 23.0 Å². The number of morpholine rings is 1. The number of rotatable bonds is 10. The molecular formula is C18H26ClN3O5. The molecule has 1 saturated heterocycles. The minimum Gasteiger partial charge on any atom is -0.495 e. The Morgan fingerprint density at radius 3 is 2.78 bits per heavy atom. The number of hydrogen-bond donors (Lipinski definition) is 3. The molecule has 0 saturated carbocycles. The van der Waals surface area contributed by atoms with Crippen LogP contribution in [0.2, 0.25) is 5.02 Å². The van der Waals surface area contributed by atoms with Crippen LogP contribution in [0.1, 0.15) is 12.8 Å². The van der Waals surface area contributed by atoms with Crippen LogP contribution in [0.4, 0.5) is 5.69 Å². The number of carbonyl (C=O) groups excluding carboxylic acids is 1. The number of halogens is 1. The molecule has 8 nitrogen and oxygen atoms in total. The number of hydrogen-bond acceptors (Lipinski definition) is 6. The molecule has 0 bridgehead atoms. The maximum absolute atomic E-state index is 12.3. The van der Waals surface area contributed by atoms with Crippen LogP contribution in [0, 0.1) is 0 Å². The SMILES string of the molecule is COc1ccc(Cl)cc1NC(=O)C[C@H](NCCCN1CCOCC1)C(=O)O. The number of amides is 1. The number of ether oxygens (including phenoxy) is 2. The summed E-state index contributed by atoms with van der Waals surface area (Å²) in [5, 5.41) is 15.4. The molecule has 1 atom stereocenters. The predicted molar refractivity (Wildman–Crippen MR) is 103 cm³/mol. The maximum atomic E-state index is 12.3. The Bertz CT molecular complexity index is 637. The summed E-state index contributed by atoms with van der Waals surface area (Å²) in [6.45, 7) is 4.64. The molecule has 150 valence electrons. The number of carbonyl (C=O) groups is 2. The lowest BCUT2D eigenvalue weighted by atomic mass is 10.2. The average Bonchev–Trinajstić information content (AvgIpc) is 2.65. The van der Waals surface area contributed by atoms with Crippen molar-refractivity contribution >= 4 is 29.2 Å². The zero-order chi connectivity index (χ0) is 19.6. The first-order chi connectivity index (χ1) is 13.0. The van der Waals surface area contributed by atoms with Gasteiger partial charge in [0.05, 0.1) is 32.4 Å². The molecular weight excluding hydrogens is 374 g/mol. The van der Waals surface area contributed by atoms with E-state index in [1.54, 1.807) is 18.2 Å². The summed E-state index contributed by atoms with van der Waals surface area (Å²) in [5.41, 5.74) is 0.409. The van der Waals surface area contributed by atoms with Gasteiger partial charge in [-0.3, -0.25) is 14.5 Å². The fourth-order valence-corrected chi connectivity index (χ4v) is 2.99. The number of nitrogens with one attached hydrogen (secondary N) is 2. The fraction of sp³-hybridized carbons (Fsp3) is 0.556. The summed E-state index contributed by atoms with van der Waals surface area (Å²) in [5.74, 6) is -1.03. The highest BCUT2D eigenvalue weighted by atomic mass is 35.5. The van der Waals surface area contributed by atoms with E-state index in [4.69, 9.17) is 21.1 Å². The largest absolute Gasteiger partial charge is 0.495 e. The molecule has 27 heavy (non-hydrogen) atoms. The highest BCUT2D eigenvalue weighted by molar-refractivity contribution is 6.31. The third-order valence-electron chi connectivity index (χ3n) is 4.27. The molecule has 0 spiro atoms. The summed E-state index contributed by atoms with van der Waals surface area (Å²) < 4.78 is 10.5. The van der Waals surface area contributed by atoms with Crippen molar-refractivity contribution in [2.75, 3.05) is 51.8 Å². The summed E-state index contributed by atoms with van der Waals surface area (Å²) in [6.07, 6.45) is 0.607. The minimum absolute atomic E-state index is 0.192. The molecule has 0 radical (unpaired) electrons. The summed E-state index contributed by atoms with van der Waals surface area (Å²) in [7, 11) is 1.48. The van der Waals surface area contributed by atoms with Crippen molar-refractivity contribution in [1.29, 1.82) is 0 Å². The molecule has 1 fully saturated rings. The number of benzene rings is 1. The van der Waals surface area contributed by atoms with Gasteiger partial charge in [-0.1, -0.05) is 11.6 Å². The quantitative estimate of drug-likeness (QED) is 0.512. The van der Waals surface area contributed by atoms with E-state index in [1.807, 2.05) is 0 Å². The van der Waals surface area contributed by atoms with Crippen molar-refractivity contribution in [3.63, 3.8) is 0 Å². The van der Waals surface area contributed by atoms with E-state index in [9.17, 15) is 14.7 Å². The molecule has 2 rings (SSSR count). The van der Waals surface area contributed by atoms with E-state index in [-0.39, 0.29) is 6.42 Å². The standard InChI is InChI=1S/C18H26ClN3O5/c1-26-16-4-3-13(19)11-14(16)21-17(23)12-15(18(24)25)20-5-2-6-22-7-9-27-10-8-22/h3-4,11,15,20H,2,5-10,12H2,1H3,(H,21,23)(H,24,25)/t15-/m0/s1. The number of carboxylic acids is 1. The number of anilines is 1. The van der Waals surface area contributed by atoms with E-state index in [1.165, 1.54) is 7.11 Å². The Morgan fingerprint density at radius 1 is 1.37 bits per heavy atom.